The Morgan fingerprint density at radius 1 is 1.11 bits per heavy atom. The largest absolute Gasteiger partial charge is 0.380 e. The average Bonchev–Trinajstić information content (AvgIpc) is 3.45. The van der Waals surface area contributed by atoms with Crippen LogP contribution in [0, 0.1) is 0 Å². The number of urea groups is 1. The van der Waals surface area contributed by atoms with Crippen LogP contribution >= 0.6 is 23.4 Å². The van der Waals surface area contributed by atoms with Crippen LogP contribution in [0.5, 0.6) is 0 Å². The van der Waals surface area contributed by atoms with Crippen LogP contribution < -0.4 is 20.9 Å². The summed E-state index contributed by atoms with van der Waals surface area (Å²) in [5, 5.41) is 10.7. The van der Waals surface area contributed by atoms with Gasteiger partial charge in [-0.05, 0) is 24.3 Å². The van der Waals surface area contributed by atoms with Gasteiger partial charge in [-0.2, -0.15) is 0 Å². The van der Waals surface area contributed by atoms with Gasteiger partial charge in [0.05, 0.1) is 24.0 Å². The number of halogens is 1. The third kappa shape index (κ3) is 3.90. The van der Waals surface area contributed by atoms with Crippen LogP contribution in [0.2, 0.25) is 5.02 Å². The summed E-state index contributed by atoms with van der Waals surface area (Å²) in [5.74, 6) is -0.294. The number of benzene rings is 2. The van der Waals surface area contributed by atoms with Crippen LogP contribution in [0.1, 0.15) is 12.0 Å². The van der Waals surface area contributed by atoms with E-state index in [4.69, 9.17) is 11.6 Å². The lowest BCUT2D eigenvalue weighted by atomic mass is 10.1. The van der Waals surface area contributed by atoms with E-state index in [9.17, 15) is 14.4 Å². The first-order chi connectivity index (χ1) is 17.0. The highest BCUT2D eigenvalue weighted by molar-refractivity contribution is 8.09. The third-order valence-electron chi connectivity index (χ3n) is 6.34. The maximum atomic E-state index is 13.6. The molecule has 0 aliphatic carbocycles. The molecule has 0 radical (unpaired) electrons. The first kappa shape index (κ1) is 21.9. The van der Waals surface area contributed by atoms with E-state index in [0.29, 0.717) is 29.1 Å². The molecule has 4 amide bonds. The summed E-state index contributed by atoms with van der Waals surface area (Å²) in [6, 6.07) is 12.2. The molecule has 2 aromatic carbocycles. The maximum Gasteiger partial charge on any atom is 0.329 e. The summed E-state index contributed by atoms with van der Waals surface area (Å²) in [6.07, 6.45) is 5.52. The third-order valence-corrected chi connectivity index (χ3v) is 8.02. The Balaban J connectivity index is 1.31. The molecule has 3 N–H and O–H groups in total. The number of carbonyl (C=O) groups is 3. The van der Waals surface area contributed by atoms with E-state index in [1.54, 1.807) is 12.3 Å². The van der Waals surface area contributed by atoms with Gasteiger partial charge in [0, 0.05) is 51.1 Å². The highest BCUT2D eigenvalue weighted by Crippen LogP contribution is 2.44. The fraction of sp³-hybridized carbons (Fsp3) is 0.200. The lowest BCUT2D eigenvalue weighted by molar-refractivity contribution is -0.119. The molecular formula is C25H20ClN5O3S. The number of anilines is 2. The highest BCUT2D eigenvalue weighted by atomic mass is 35.5. The minimum Gasteiger partial charge on any atom is -0.380 e. The molecule has 1 aromatic heterocycles. The molecule has 3 aromatic rings. The van der Waals surface area contributed by atoms with Crippen molar-refractivity contribution < 1.29 is 14.4 Å². The summed E-state index contributed by atoms with van der Waals surface area (Å²) in [4.78, 5) is 44.6. The van der Waals surface area contributed by atoms with Gasteiger partial charge in [-0.3, -0.25) is 14.6 Å². The van der Waals surface area contributed by atoms with Crippen LogP contribution in [0.15, 0.2) is 60.9 Å². The van der Waals surface area contributed by atoms with Crippen LogP contribution in [-0.4, -0.2) is 46.7 Å². The second kappa shape index (κ2) is 8.58. The lowest BCUT2D eigenvalue weighted by Crippen LogP contribution is -2.60. The Kier molecular flexibility index (Phi) is 5.38. The minimum atomic E-state index is -0.508. The summed E-state index contributed by atoms with van der Waals surface area (Å²) >= 11 is 7.77. The van der Waals surface area contributed by atoms with Crippen LogP contribution in [-0.2, 0) is 9.59 Å². The Morgan fingerprint density at radius 3 is 2.77 bits per heavy atom. The van der Waals surface area contributed by atoms with Crippen molar-refractivity contribution in [2.24, 2.45) is 0 Å². The number of nitrogens with one attached hydrogen (secondary N) is 3. The number of hydrogen-bond donors (Lipinski definition) is 3. The Bertz CT molecular complexity index is 1430. The molecule has 0 saturated carbocycles. The zero-order chi connectivity index (χ0) is 24.1. The molecule has 0 bridgehead atoms. The second-order valence-electron chi connectivity index (χ2n) is 8.64. The van der Waals surface area contributed by atoms with Crippen molar-refractivity contribution in [3.63, 3.8) is 0 Å². The van der Waals surface area contributed by atoms with Crippen molar-refractivity contribution in [1.82, 2.24) is 15.6 Å². The molecule has 8 nitrogen and oxygen atoms in total. The topological polar surface area (TPSA) is 103 Å². The lowest BCUT2D eigenvalue weighted by Gasteiger charge is -2.33. The first-order valence-electron chi connectivity index (χ1n) is 11.2. The molecular weight excluding hydrogens is 486 g/mol. The Labute approximate surface area is 210 Å². The number of fused-ring (bicyclic) bond motifs is 2. The van der Waals surface area contributed by atoms with Crippen molar-refractivity contribution in [2.75, 3.05) is 16.8 Å². The highest BCUT2D eigenvalue weighted by Gasteiger charge is 2.45. The predicted molar refractivity (Wildman–Crippen MR) is 137 cm³/mol. The van der Waals surface area contributed by atoms with Crippen molar-refractivity contribution in [3.05, 3.63) is 71.5 Å². The van der Waals surface area contributed by atoms with Crippen LogP contribution in [0.25, 0.3) is 15.7 Å². The molecule has 3 atom stereocenters. The van der Waals surface area contributed by atoms with Gasteiger partial charge in [0.25, 0.3) is 5.91 Å². The Hall–Kier alpha value is -3.56. The summed E-state index contributed by atoms with van der Waals surface area (Å²) in [7, 11) is 0. The number of amides is 4. The zero-order valence-corrected chi connectivity index (χ0v) is 19.9. The van der Waals surface area contributed by atoms with Gasteiger partial charge in [0.2, 0.25) is 5.91 Å². The summed E-state index contributed by atoms with van der Waals surface area (Å²) < 4.78 is 0. The molecule has 2 saturated heterocycles. The number of imide groups is 1. The molecule has 176 valence electrons. The molecule has 3 aliphatic rings. The molecule has 3 aliphatic heterocycles. The van der Waals surface area contributed by atoms with E-state index >= 15 is 0 Å². The fourth-order valence-corrected chi connectivity index (χ4v) is 6.25. The van der Waals surface area contributed by atoms with Gasteiger partial charge in [-0.1, -0.05) is 35.9 Å². The number of pyridine rings is 1. The average molecular weight is 506 g/mol. The van der Waals surface area contributed by atoms with Gasteiger partial charge in [-0.25, -0.2) is 9.69 Å². The number of thioether (sulfide) groups is 1. The molecule has 10 heteroatoms. The van der Waals surface area contributed by atoms with Crippen LogP contribution in [0.3, 0.4) is 0 Å². The number of rotatable bonds is 4. The van der Waals surface area contributed by atoms with Gasteiger partial charge >= 0.3 is 6.03 Å². The quantitative estimate of drug-likeness (QED) is 0.499. The number of aromatic nitrogens is 1. The number of hydrogen-bond acceptors (Lipinski definition) is 6. The molecule has 2 unspecified atom stereocenters. The van der Waals surface area contributed by atoms with Gasteiger partial charge in [-0.15, -0.1) is 11.8 Å². The standard InChI is InChI=1S/C25H20ClN5O3S/c26-18-4-2-1-3-16(18)21-9-19-23(35-21)24(33)31(25(34)30-19)20-12-27-10-13-5-6-14(7-17(13)20)29-15-8-22(32)28-11-15/h1-7,9-10,12,15,19,23,29H,8,11H2,(H,28,32)(H,30,34)/t15-,19?,23?/m1/s1. The van der Waals surface area contributed by atoms with Crippen molar-refractivity contribution >= 4 is 68.3 Å². The van der Waals surface area contributed by atoms with Crippen molar-refractivity contribution in [2.45, 2.75) is 23.8 Å². The number of carbonyl (C=O) groups excluding carboxylic acids is 3. The summed E-state index contributed by atoms with van der Waals surface area (Å²) in [5.41, 5.74) is 2.05. The number of nitrogens with zero attached hydrogens (tertiary/aromatic N) is 2. The monoisotopic (exact) mass is 505 g/mol. The predicted octanol–water partition coefficient (Wildman–Crippen LogP) is 3.77. The molecule has 4 heterocycles. The fourth-order valence-electron chi connectivity index (χ4n) is 4.66. The van der Waals surface area contributed by atoms with E-state index in [1.807, 2.05) is 42.5 Å². The Morgan fingerprint density at radius 2 is 1.97 bits per heavy atom. The maximum absolute atomic E-state index is 13.6. The summed E-state index contributed by atoms with van der Waals surface area (Å²) in [6.45, 7) is 0.550. The second-order valence-corrected chi connectivity index (χ2v) is 10.2. The van der Waals surface area contributed by atoms with Gasteiger partial charge in [0.15, 0.2) is 0 Å². The zero-order valence-electron chi connectivity index (χ0n) is 18.3. The van der Waals surface area contributed by atoms with Gasteiger partial charge in [0.1, 0.15) is 5.25 Å². The van der Waals surface area contributed by atoms with Gasteiger partial charge < -0.3 is 16.0 Å². The molecule has 2 fully saturated rings. The molecule has 6 rings (SSSR count). The smallest absolute Gasteiger partial charge is 0.329 e. The van der Waals surface area contributed by atoms with Crippen molar-refractivity contribution in [1.29, 1.82) is 0 Å². The van der Waals surface area contributed by atoms with E-state index in [0.717, 1.165) is 21.5 Å². The van der Waals surface area contributed by atoms with Crippen LogP contribution in [0.4, 0.5) is 16.2 Å². The first-order valence-corrected chi connectivity index (χ1v) is 12.4. The molecule has 35 heavy (non-hydrogen) atoms. The van der Waals surface area contributed by atoms with E-state index in [-0.39, 0.29) is 17.9 Å². The van der Waals surface area contributed by atoms with E-state index in [2.05, 4.69) is 20.9 Å². The van der Waals surface area contributed by atoms with Crippen molar-refractivity contribution in [3.8, 4) is 0 Å². The minimum absolute atomic E-state index is 0.0112. The van der Waals surface area contributed by atoms with E-state index in [1.165, 1.54) is 22.9 Å². The normalized spacial score (nSPS) is 23.7. The molecule has 0 spiro atoms. The SMILES string of the molecule is O=C1C[C@@H](Nc2ccc3cncc(N4C(=O)NC5C=C(c6ccccc6Cl)SC5C4=O)c3c2)CN1. The van der Waals surface area contributed by atoms with E-state index < -0.39 is 17.3 Å².